The third-order valence-electron chi connectivity index (χ3n) is 11.4. The summed E-state index contributed by atoms with van der Waals surface area (Å²) in [5.74, 6) is -0.205. The van der Waals surface area contributed by atoms with Crippen molar-refractivity contribution in [1.29, 1.82) is 0 Å². The predicted molar refractivity (Wildman–Crippen MR) is 211 cm³/mol. The Hall–Kier alpha value is -4.09. The second-order valence-corrected chi connectivity index (χ2v) is 16.8. The number of carbonyl (C=O) groups is 3. The number of likely N-dealkylation sites (tertiary alicyclic amines) is 1. The number of ether oxygens (including phenoxy) is 3. The number of piperidine rings is 1. The van der Waals surface area contributed by atoms with Crippen molar-refractivity contribution in [3.63, 3.8) is 0 Å². The number of aliphatic hydroxyl groups is 1. The third kappa shape index (κ3) is 10.2. The Bertz CT molecular complexity index is 1790. The lowest BCUT2D eigenvalue weighted by molar-refractivity contribution is -0.278. The van der Waals surface area contributed by atoms with E-state index in [1.165, 1.54) is 26.2 Å². The largest absolute Gasteiger partial charge is 0.453 e. The van der Waals surface area contributed by atoms with Crippen LogP contribution in [0.25, 0.3) is 11.1 Å². The van der Waals surface area contributed by atoms with Gasteiger partial charge in [-0.15, -0.1) is 0 Å². The second kappa shape index (κ2) is 17.8. The highest BCUT2D eigenvalue weighted by Crippen LogP contribution is 2.45. The first-order valence-corrected chi connectivity index (χ1v) is 20.0. The van der Waals surface area contributed by atoms with Crippen molar-refractivity contribution in [2.24, 2.45) is 11.8 Å². The highest BCUT2D eigenvalue weighted by Gasteiger charge is 2.46. The monoisotopic (exact) mass is 753 g/mol. The minimum atomic E-state index is -0.874. The van der Waals surface area contributed by atoms with E-state index in [0.29, 0.717) is 18.5 Å². The van der Waals surface area contributed by atoms with Crippen LogP contribution in [0.15, 0.2) is 72.8 Å². The van der Waals surface area contributed by atoms with E-state index in [0.717, 1.165) is 52.6 Å². The summed E-state index contributed by atoms with van der Waals surface area (Å²) >= 11 is 0. The minimum absolute atomic E-state index is 0.0230. The Morgan fingerprint density at radius 3 is 2.31 bits per heavy atom. The molecule has 55 heavy (non-hydrogen) atoms. The van der Waals surface area contributed by atoms with Gasteiger partial charge in [0.1, 0.15) is 0 Å². The lowest BCUT2D eigenvalue weighted by Gasteiger charge is -2.51. The van der Waals surface area contributed by atoms with Gasteiger partial charge < -0.3 is 30.0 Å². The quantitative estimate of drug-likeness (QED) is 0.177. The Kier molecular flexibility index (Phi) is 13.1. The van der Waals surface area contributed by atoms with Crippen LogP contribution in [0.4, 0.5) is 0 Å². The minimum Gasteiger partial charge on any atom is -0.453 e. The van der Waals surface area contributed by atoms with Gasteiger partial charge in [-0.1, -0.05) is 80.4 Å². The van der Waals surface area contributed by atoms with Crippen LogP contribution in [0.5, 0.6) is 0 Å². The number of hydrogen-bond acceptors (Lipinski definition) is 8. The number of benzene rings is 3. The van der Waals surface area contributed by atoms with E-state index < -0.39 is 18.4 Å². The average Bonchev–Trinajstić information content (AvgIpc) is 3.17. The Morgan fingerprint density at radius 2 is 1.60 bits per heavy atom. The molecule has 0 radical (unpaired) electrons. The molecule has 10 heteroatoms. The molecule has 6 rings (SSSR count). The summed E-state index contributed by atoms with van der Waals surface area (Å²) in [6.07, 6.45) is 4.58. The molecule has 0 aromatic heterocycles. The summed E-state index contributed by atoms with van der Waals surface area (Å²) in [5.41, 5.74) is 5.28. The molecule has 3 N–H and O–H groups in total. The molecule has 2 heterocycles. The maximum absolute atomic E-state index is 13.9. The van der Waals surface area contributed by atoms with Crippen LogP contribution in [0, 0.1) is 11.8 Å². The van der Waals surface area contributed by atoms with Crippen LogP contribution < -0.4 is 10.6 Å². The molecule has 1 saturated carbocycles. The number of nitrogens with one attached hydrogen (secondary N) is 2. The number of amides is 2. The molecule has 2 saturated heterocycles. The zero-order valence-corrected chi connectivity index (χ0v) is 33.3. The van der Waals surface area contributed by atoms with Gasteiger partial charge in [0.2, 0.25) is 5.91 Å². The fourth-order valence-corrected chi connectivity index (χ4v) is 8.62. The molecule has 0 spiro atoms. The Balaban J connectivity index is 1.28. The van der Waals surface area contributed by atoms with E-state index in [1.807, 2.05) is 87.5 Å². The van der Waals surface area contributed by atoms with Crippen molar-refractivity contribution in [3.05, 3.63) is 95.1 Å². The van der Waals surface area contributed by atoms with Crippen molar-refractivity contribution in [3.8, 4) is 11.1 Å². The van der Waals surface area contributed by atoms with E-state index in [-0.39, 0.29) is 54.7 Å². The maximum Gasteiger partial charge on any atom is 0.303 e. The van der Waals surface area contributed by atoms with Gasteiger partial charge >= 0.3 is 5.97 Å². The second-order valence-electron chi connectivity index (χ2n) is 16.8. The number of nitrogens with zero attached hydrogens (tertiary/aromatic N) is 1. The zero-order valence-electron chi connectivity index (χ0n) is 33.3. The highest BCUT2D eigenvalue weighted by molar-refractivity contribution is 5.83. The molecule has 8 atom stereocenters. The molecule has 0 unspecified atom stereocenters. The third-order valence-corrected chi connectivity index (χ3v) is 11.4. The van der Waals surface area contributed by atoms with E-state index in [2.05, 4.69) is 28.5 Å². The topological polar surface area (TPSA) is 126 Å². The van der Waals surface area contributed by atoms with Gasteiger partial charge in [0.25, 0.3) is 5.91 Å². The maximum atomic E-state index is 13.9. The van der Waals surface area contributed by atoms with Crippen molar-refractivity contribution in [1.82, 2.24) is 15.5 Å². The summed E-state index contributed by atoms with van der Waals surface area (Å²) < 4.78 is 18.9. The number of aliphatic hydroxyl groups excluding tert-OH is 1. The van der Waals surface area contributed by atoms with Gasteiger partial charge in [-0.25, -0.2) is 0 Å². The van der Waals surface area contributed by atoms with Crippen molar-refractivity contribution >= 4 is 17.8 Å². The summed E-state index contributed by atoms with van der Waals surface area (Å²) in [4.78, 5) is 40.2. The summed E-state index contributed by atoms with van der Waals surface area (Å²) in [5, 5.41) is 15.9. The van der Waals surface area contributed by atoms with Crippen LogP contribution in [0.2, 0.25) is 0 Å². The first kappa shape index (κ1) is 40.6. The molecule has 3 fully saturated rings. The fraction of sp³-hybridized carbons (Fsp3) is 0.533. The van der Waals surface area contributed by atoms with Crippen LogP contribution in [-0.4, -0.2) is 64.2 Å². The lowest BCUT2D eigenvalue weighted by atomic mass is 9.75. The first-order valence-electron chi connectivity index (χ1n) is 20.0. The van der Waals surface area contributed by atoms with Crippen molar-refractivity contribution in [2.75, 3.05) is 6.54 Å². The van der Waals surface area contributed by atoms with Crippen LogP contribution in [-0.2, 0) is 41.7 Å². The van der Waals surface area contributed by atoms with E-state index >= 15 is 0 Å². The van der Waals surface area contributed by atoms with Gasteiger partial charge in [-0.2, -0.15) is 0 Å². The molecule has 2 amide bonds. The Labute approximate surface area is 326 Å². The zero-order chi connectivity index (χ0) is 39.3. The molecule has 10 nitrogen and oxygen atoms in total. The number of rotatable bonds is 11. The normalized spacial score (nSPS) is 26.3. The molecular weight excluding hydrogens is 695 g/mol. The number of carbonyl (C=O) groups excluding carboxylic acids is 3. The van der Waals surface area contributed by atoms with E-state index in [9.17, 15) is 19.5 Å². The molecule has 3 aliphatic rings. The van der Waals surface area contributed by atoms with Crippen molar-refractivity contribution < 1.29 is 33.7 Å². The molecular formula is C45H59N3O7. The molecule has 3 aromatic carbocycles. The summed E-state index contributed by atoms with van der Waals surface area (Å²) in [6, 6.07) is 24.3. The fourth-order valence-electron chi connectivity index (χ4n) is 8.62. The van der Waals surface area contributed by atoms with Crippen LogP contribution in [0.1, 0.15) is 115 Å². The van der Waals surface area contributed by atoms with Gasteiger partial charge in [0.15, 0.2) is 12.4 Å². The number of hydrogen-bond donors (Lipinski definition) is 3. The Morgan fingerprint density at radius 1 is 0.891 bits per heavy atom. The predicted octanol–water partition coefficient (Wildman–Crippen LogP) is 7.14. The average molecular weight is 754 g/mol. The SMILES string of the molecule is CC(=O)O[C@@H](C)C(=O)NCc1cccc(-c2cccc([C@@H]3O[C@H](CN4[C@@H](C(=O)NC(C)(C)C)CC[C@H]5CCCC[C@H]54)[C@H](C)[C@H](c4ccc(CO)cc4)O3)c2)c1. The molecule has 1 aliphatic carbocycles. The first-order chi connectivity index (χ1) is 26.3. The van der Waals surface area contributed by atoms with Gasteiger partial charge in [-0.05, 0) is 99.2 Å². The van der Waals surface area contributed by atoms with Gasteiger partial charge in [0, 0.05) is 43.1 Å². The summed E-state index contributed by atoms with van der Waals surface area (Å²) in [7, 11) is 0. The number of esters is 1. The van der Waals surface area contributed by atoms with Crippen LogP contribution >= 0.6 is 0 Å². The van der Waals surface area contributed by atoms with Crippen molar-refractivity contribution in [2.45, 2.75) is 135 Å². The van der Waals surface area contributed by atoms with Gasteiger partial charge in [0.05, 0.1) is 24.9 Å². The van der Waals surface area contributed by atoms with Gasteiger partial charge in [-0.3, -0.25) is 19.3 Å². The molecule has 0 bridgehead atoms. The molecule has 2 aliphatic heterocycles. The lowest BCUT2D eigenvalue weighted by Crippen LogP contribution is -2.61. The smallest absolute Gasteiger partial charge is 0.303 e. The number of fused-ring (bicyclic) bond motifs is 1. The highest BCUT2D eigenvalue weighted by atomic mass is 16.7. The molecule has 3 aromatic rings. The molecule has 296 valence electrons. The van der Waals surface area contributed by atoms with Crippen LogP contribution in [0.3, 0.4) is 0 Å². The summed E-state index contributed by atoms with van der Waals surface area (Å²) in [6.45, 7) is 12.0. The van der Waals surface area contributed by atoms with E-state index in [1.54, 1.807) is 6.92 Å². The standard InChI is InChI=1S/C45H59N3O7/c1-28-40(26-48-38-16-8-7-12-33(38)21-22-39(48)43(52)47-45(4,5)6)54-44(55-41(28)34-19-17-31(27-49)18-20-34)37-15-10-14-36(24-37)35-13-9-11-32(23-35)25-46-42(51)29(2)53-30(3)50/h9-11,13-15,17-20,23-24,28-29,33,38-41,44,49H,7-8,12,16,21-22,25-27H2,1-6H3,(H,46,51)(H,47,52)/t28-,29-,33+,38+,39+,40+,41+,44+/m0/s1. The van der Waals surface area contributed by atoms with E-state index in [4.69, 9.17) is 14.2 Å².